The molecule has 44 heavy (non-hydrogen) atoms. The van der Waals surface area contributed by atoms with Crippen molar-refractivity contribution in [1.82, 2.24) is 4.57 Å². The molecule has 3 atom stereocenters. The van der Waals surface area contributed by atoms with Crippen LogP contribution < -0.4 is 4.90 Å². The molecular weight excluding hydrogens is 536 g/mol. The molecule has 5 aromatic rings. The Morgan fingerprint density at radius 1 is 0.795 bits per heavy atom. The van der Waals surface area contributed by atoms with Crippen LogP contribution in [0.25, 0.3) is 38.6 Å². The summed E-state index contributed by atoms with van der Waals surface area (Å²) in [6.45, 7) is 4.43. The third kappa shape index (κ3) is 4.44. The Labute approximate surface area is 258 Å². The van der Waals surface area contributed by atoms with Crippen molar-refractivity contribution in [3.8, 4) is 29.0 Å². The van der Waals surface area contributed by atoms with Gasteiger partial charge in [-0.15, -0.1) is 0 Å². The Morgan fingerprint density at radius 3 is 2.41 bits per heavy atom. The van der Waals surface area contributed by atoms with Gasteiger partial charge in [0.05, 0.1) is 28.2 Å². The van der Waals surface area contributed by atoms with Gasteiger partial charge in [-0.1, -0.05) is 85.9 Å². The maximum Gasteiger partial charge on any atom is 0.101 e. The summed E-state index contributed by atoms with van der Waals surface area (Å²) >= 11 is 0. The second-order valence-electron chi connectivity index (χ2n) is 11.5. The fourth-order valence-electron chi connectivity index (χ4n) is 6.86. The van der Waals surface area contributed by atoms with Crippen LogP contribution in [0.5, 0.6) is 0 Å². The second-order valence-corrected chi connectivity index (χ2v) is 11.5. The minimum atomic E-state index is 0.263. The van der Waals surface area contributed by atoms with Crippen LogP contribution >= 0.6 is 0 Å². The average molecular weight is 569 g/mol. The Morgan fingerprint density at radius 2 is 1.57 bits per heavy atom. The lowest BCUT2D eigenvalue weighted by Gasteiger charge is -2.32. The first-order valence-corrected chi connectivity index (χ1v) is 15.2. The molecule has 0 saturated carbocycles. The van der Waals surface area contributed by atoms with Gasteiger partial charge in [0.1, 0.15) is 12.1 Å². The molecule has 0 fully saturated rings. The summed E-state index contributed by atoms with van der Waals surface area (Å²) in [6, 6.07) is 32.3. The van der Waals surface area contributed by atoms with Crippen molar-refractivity contribution in [2.45, 2.75) is 38.3 Å². The number of para-hydroxylation sites is 1. The molecule has 7 rings (SSSR count). The maximum absolute atomic E-state index is 9.68. The predicted octanol–water partition coefficient (Wildman–Crippen LogP) is 9.50. The first-order chi connectivity index (χ1) is 21.6. The highest BCUT2D eigenvalue weighted by molar-refractivity contribution is 6.10. The van der Waals surface area contributed by atoms with Crippen molar-refractivity contribution in [2.75, 3.05) is 4.90 Å². The molecule has 4 aromatic carbocycles. The zero-order valence-corrected chi connectivity index (χ0v) is 24.9. The summed E-state index contributed by atoms with van der Waals surface area (Å²) in [7, 11) is 0. The molecule has 3 unspecified atom stereocenters. The van der Waals surface area contributed by atoms with Crippen molar-refractivity contribution in [1.29, 1.82) is 10.5 Å². The van der Waals surface area contributed by atoms with E-state index in [1.54, 1.807) is 6.07 Å². The van der Waals surface area contributed by atoms with Crippen LogP contribution in [0.3, 0.4) is 0 Å². The first-order valence-electron chi connectivity index (χ1n) is 15.2. The topological polar surface area (TPSA) is 55.8 Å². The molecule has 0 radical (unpaired) electrons. The monoisotopic (exact) mass is 568 g/mol. The van der Waals surface area contributed by atoms with E-state index < -0.39 is 0 Å². The fraction of sp³-hybridized carbons (Fsp3) is 0.150. The summed E-state index contributed by atoms with van der Waals surface area (Å²) in [6.07, 6.45) is 18.8. The van der Waals surface area contributed by atoms with Crippen molar-refractivity contribution in [3.63, 3.8) is 0 Å². The number of hydrogen-bond acceptors (Lipinski definition) is 3. The van der Waals surface area contributed by atoms with Crippen molar-refractivity contribution < 1.29 is 0 Å². The number of anilines is 1. The zero-order chi connectivity index (χ0) is 30.2. The van der Waals surface area contributed by atoms with Crippen molar-refractivity contribution in [3.05, 3.63) is 144 Å². The van der Waals surface area contributed by atoms with Gasteiger partial charge in [0.25, 0.3) is 0 Å². The summed E-state index contributed by atoms with van der Waals surface area (Å²) in [4.78, 5) is 2.55. The Kier molecular flexibility index (Phi) is 6.97. The lowest BCUT2D eigenvalue weighted by Crippen LogP contribution is -2.38. The van der Waals surface area contributed by atoms with E-state index in [2.05, 4.69) is 139 Å². The minimum Gasteiger partial charge on any atom is -0.358 e. The van der Waals surface area contributed by atoms with E-state index >= 15 is 0 Å². The normalized spacial score (nSPS) is 17.8. The Hall–Kier alpha value is -5.58. The van der Waals surface area contributed by atoms with Gasteiger partial charge in [0, 0.05) is 34.1 Å². The van der Waals surface area contributed by atoms with E-state index in [1.165, 1.54) is 22.4 Å². The van der Waals surface area contributed by atoms with Crippen LogP contribution in [0.4, 0.5) is 5.69 Å². The van der Waals surface area contributed by atoms with E-state index in [-0.39, 0.29) is 6.04 Å². The quantitative estimate of drug-likeness (QED) is 0.192. The Balaban J connectivity index is 1.33. The van der Waals surface area contributed by atoms with Gasteiger partial charge in [-0.3, -0.25) is 0 Å². The molecular formula is C40H32N4. The van der Waals surface area contributed by atoms with Crippen LogP contribution in [-0.2, 0) is 0 Å². The standard InChI is InChI=1S/C40H32N4/c1-3-4-5-6-11-27(2)43-37-14-9-7-12-33(37)35-23-28(17-20-39(35)43)29-18-21-40-36(24-29)34-13-8-10-15-38(34)44(40)32-19-16-30(25-41)31(22-32)26-42/h4-24,27,33,37H,3H2,1-2H3/b5-4-,11-6-. The highest BCUT2D eigenvalue weighted by Crippen LogP contribution is 2.47. The maximum atomic E-state index is 9.68. The van der Waals surface area contributed by atoms with Gasteiger partial charge >= 0.3 is 0 Å². The van der Waals surface area contributed by atoms with E-state index in [9.17, 15) is 10.5 Å². The summed E-state index contributed by atoms with van der Waals surface area (Å²) in [5.74, 6) is 0.313. The van der Waals surface area contributed by atoms with Crippen molar-refractivity contribution in [2.24, 2.45) is 0 Å². The molecule has 1 aliphatic heterocycles. The number of nitrogens with zero attached hydrogens (tertiary/aromatic N) is 4. The fourth-order valence-corrected chi connectivity index (χ4v) is 6.86. The summed E-state index contributed by atoms with van der Waals surface area (Å²) < 4.78 is 2.19. The number of rotatable bonds is 6. The van der Waals surface area contributed by atoms with Crippen LogP contribution in [0.1, 0.15) is 42.9 Å². The SMILES string of the molecule is CC/C=C\C=C/C(C)N1c2ccc(-c3ccc4c(c3)c3ccccc3n4-c3ccc(C#N)c(C#N)c3)cc2C2C=CC=CC21. The van der Waals surface area contributed by atoms with E-state index in [1.807, 2.05) is 18.2 Å². The molecule has 0 amide bonds. The molecule has 4 nitrogen and oxygen atoms in total. The highest BCUT2D eigenvalue weighted by atomic mass is 15.2. The van der Waals surface area contributed by atoms with Crippen LogP contribution in [0.2, 0.25) is 0 Å². The molecule has 1 aromatic heterocycles. The molecule has 1 aliphatic carbocycles. The highest BCUT2D eigenvalue weighted by Gasteiger charge is 2.38. The van der Waals surface area contributed by atoms with Gasteiger partial charge in [-0.05, 0) is 78.6 Å². The van der Waals surface area contributed by atoms with E-state index in [4.69, 9.17) is 0 Å². The van der Waals surface area contributed by atoms with E-state index in [0.717, 1.165) is 33.9 Å². The molecule has 4 heteroatoms. The first kappa shape index (κ1) is 27.3. The van der Waals surface area contributed by atoms with Crippen molar-refractivity contribution >= 4 is 27.5 Å². The third-order valence-corrected chi connectivity index (χ3v) is 8.91. The molecule has 2 heterocycles. The van der Waals surface area contributed by atoms with Gasteiger partial charge in [0.15, 0.2) is 0 Å². The molecule has 0 saturated heterocycles. The van der Waals surface area contributed by atoms with Gasteiger partial charge in [-0.25, -0.2) is 0 Å². The van der Waals surface area contributed by atoms with Gasteiger partial charge in [-0.2, -0.15) is 10.5 Å². The smallest absolute Gasteiger partial charge is 0.101 e. The lowest BCUT2D eigenvalue weighted by molar-refractivity contribution is 0.639. The number of hydrogen-bond donors (Lipinski definition) is 0. The summed E-state index contributed by atoms with van der Waals surface area (Å²) in [5, 5.41) is 21.4. The second kappa shape index (κ2) is 11.3. The van der Waals surface area contributed by atoms with Crippen LogP contribution in [-0.4, -0.2) is 16.7 Å². The van der Waals surface area contributed by atoms with E-state index in [0.29, 0.717) is 23.1 Å². The molecule has 212 valence electrons. The largest absolute Gasteiger partial charge is 0.358 e. The van der Waals surface area contributed by atoms with Gasteiger partial charge < -0.3 is 9.47 Å². The summed E-state index contributed by atoms with van der Waals surface area (Å²) in [5.41, 5.74) is 8.79. The lowest BCUT2D eigenvalue weighted by atomic mass is 9.89. The Bertz CT molecular complexity index is 2130. The number of aromatic nitrogens is 1. The zero-order valence-electron chi connectivity index (χ0n) is 24.9. The number of allylic oxidation sites excluding steroid dienone is 5. The van der Waals surface area contributed by atoms with Crippen LogP contribution in [0.15, 0.2) is 127 Å². The van der Waals surface area contributed by atoms with Crippen LogP contribution in [0, 0.1) is 22.7 Å². The number of fused-ring (bicyclic) bond motifs is 6. The molecule has 0 bridgehead atoms. The third-order valence-electron chi connectivity index (χ3n) is 8.91. The molecule has 0 N–H and O–H groups in total. The minimum absolute atomic E-state index is 0.263. The number of nitriles is 2. The predicted molar refractivity (Wildman–Crippen MR) is 181 cm³/mol. The average Bonchev–Trinajstić information content (AvgIpc) is 3.58. The molecule has 0 spiro atoms. The van der Waals surface area contributed by atoms with Gasteiger partial charge in [0.2, 0.25) is 0 Å². The molecule has 2 aliphatic rings. The number of benzene rings is 4.